The summed E-state index contributed by atoms with van der Waals surface area (Å²) in [5.74, 6) is 0. The van der Waals surface area contributed by atoms with Crippen molar-refractivity contribution in [1.29, 1.82) is 0 Å². The lowest BCUT2D eigenvalue weighted by Gasteiger charge is -2.11. The van der Waals surface area contributed by atoms with Crippen molar-refractivity contribution in [2.75, 3.05) is 0 Å². The molecule has 1 radical (unpaired) electrons. The SMILES string of the molecule is N[C@H]([C]=O)Cc1c[nH]c2c(Br)ccc(C(F)(F)F)c12. The van der Waals surface area contributed by atoms with Crippen molar-refractivity contribution in [3.8, 4) is 0 Å². The number of nitrogens with one attached hydrogen (secondary N) is 1. The molecule has 0 saturated heterocycles. The van der Waals surface area contributed by atoms with Gasteiger partial charge in [0.25, 0.3) is 0 Å². The first kappa shape index (κ1) is 14.1. The van der Waals surface area contributed by atoms with E-state index in [1.165, 1.54) is 12.3 Å². The van der Waals surface area contributed by atoms with Crippen molar-refractivity contribution in [3.63, 3.8) is 0 Å². The molecule has 0 bridgehead atoms. The Bertz CT molecular complexity index is 621. The number of halogens is 4. The second-order valence-corrected chi connectivity index (χ2v) is 4.94. The Morgan fingerprint density at radius 1 is 1.42 bits per heavy atom. The third kappa shape index (κ3) is 2.66. The van der Waals surface area contributed by atoms with Crippen LogP contribution in [-0.2, 0) is 17.4 Å². The van der Waals surface area contributed by atoms with Gasteiger partial charge in [-0.1, -0.05) is 0 Å². The molecular formula is C12H9BrF3N2O. The number of fused-ring (bicyclic) bond motifs is 1. The van der Waals surface area contributed by atoms with Gasteiger partial charge in [-0.25, -0.2) is 0 Å². The fourth-order valence-electron chi connectivity index (χ4n) is 1.96. The molecule has 0 unspecified atom stereocenters. The van der Waals surface area contributed by atoms with Crippen LogP contribution in [0.25, 0.3) is 10.9 Å². The Kier molecular flexibility index (Phi) is 3.69. The minimum atomic E-state index is -4.47. The van der Waals surface area contributed by atoms with Crippen LogP contribution in [0.4, 0.5) is 13.2 Å². The summed E-state index contributed by atoms with van der Waals surface area (Å²) < 4.78 is 39.5. The van der Waals surface area contributed by atoms with Crippen molar-refractivity contribution < 1.29 is 18.0 Å². The van der Waals surface area contributed by atoms with E-state index in [9.17, 15) is 18.0 Å². The Morgan fingerprint density at radius 3 is 2.68 bits per heavy atom. The highest BCUT2D eigenvalue weighted by Gasteiger charge is 2.34. The van der Waals surface area contributed by atoms with Crippen molar-refractivity contribution in [2.24, 2.45) is 5.73 Å². The monoisotopic (exact) mass is 333 g/mol. The summed E-state index contributed by atoms with van der Waals surface area (Å²) in [6.45, 7) is 0. The van der Waals surface area contributed by atoms with Crippen LogP contribution in [0.3, 0.4) is 0 Å². The first-order valence-corrected chi connectivity index (χ1v) is 6.12. The number of aromatic nitrogens is 1. The molecule has 0 spiro atoms. The smallest absolute Gasteiger partial charge is 0.360 e. The van der Waals surface area contributed by atoms with Crippen molar-refractivity contribution in [3.05, 3.63) is 33.9 Å². The maximum Gasteiger partial charge on any atom is 0.417 e. The zero-order valence-electron chi connectivity index (χ0n) is 9.51. The number of aromatic amines is 1. The van der Waals surface area contributed by atoms with Gasteiger partial charge in [0.2, 0.25) is 6.29 Å². The summed E-state index contributed by atoms with van der Waals surface area (Å²) in [4.78, 5) is 13.2. The van der Waals surface area contributed by atoms with Gasteiger partial charge in [-0.05, 0) is 40.0 Å². The Labute approximate surface area is 115 Å². The number of rotatable bonds is 3. The van der Waals surface area contributed by atoms with E-state index >= 15 is 0 Å². The van der Waals surface area contributed by atoms with Crippen LogP contribution in [0.5, 0.6) is 0 Å². The highest BCUT2D eigenvalue weighted by atomic mass is 79.9. The summed E-state index contributed by atoms with van der Waals surface area (Å²) in [6, 6.07) is 1.39. The van der Waals surface area contributed by atoms with E-state index in [2.05, 4.69) is 20.9 Å². The van der Waals surface area contributed by atoms with Crippen LogP contribution in [-0.4, -0.2) is 17.3 Å². The summed E-state index contributed by atoms with van der Waals surface area (Å²) in [6.07, 6.45) is -1.47. The predicted molar refractivity (Wildman–Crippen MR) is 68.4 cm³/mol. The van der Waals surface area contributed by atoms with Crippen LogP contribution < -0.4 is 5.73 Å². The van der Waals surface area contributed by atoms with Gasteiger partial charge in [0.05, 0.1) is 17.1 Å². The van der Waals surface area contributed by atoms with Crippen LogP contribution in [0.2, 0.25) is 0 Å². The number of carbonyl (C=O) groups excluding carboxylic acids is 1. The van der Waals surface area contributed by atoms with Crippen LogP contribution in [0.1, 0.15) is 11.1 Å². The molecule has 19 heavy (non-hydrogen) atoms. The fourth-order valence-corrected chi connectivity index (χ4v) is 2.40. The molecule has 0 amide bonds. The number of nitrogens with two attached hydrogens (primary N) is 1. The van der Waals surface area contributed by atoms with Crippen molar-refractivity contribution in [1.82, 2.24) is 4.98 Å². The Balaban J connectivity index is 2.67. The maximum absolute atomic E-state index is 13.0. The predicted octanol–water partition coefficient (Wildman–Crippen LogP) is 2.93. The molecule has 1 atom stereocenters. The Morgan fingerprint density at radius 2 is 2.11 bits per heavy atom. The molecule has 7 heteroatoms. The number of alkyl halides is 3. The van der Waals surface area contributed by atoms with E-state index in [-0.39, 0.29) is 11.8 Å². The summed E-state index contributed by atoms with van der Waals surface area (Å²) in [5, 5.41) is 0.0348. The van der Waals surface area contributed by atoms with Gasteiger partial charge in [0.15, 0.2) is 0 Å². The molecular weight excluding hydrogens is 325 g/mol. The third-order valence-corrected chi connectivity index (χ3v) is 3.42. The highest BCUT2D eigenvalue weighted by Crippen LogP contribution is 2.39. The van der Waals surface area contributed by atoms with Gasteiger partial charge in [0.1, 0.15) is 0 Å². The lowest BCUT2D eigenvalue weighted by molar-refractivity contribution is -0.136. The quantitative estimate of drug-likeness (QED) is 0.907. The van der Waals surface area contributed by atoms with Crippen LogP contribution in [0.15, 0.2) is 22.8 Å². The molecule has 2 aromatic rings. The molecule has 1 aromatic carbocycles. The summed E-state index contributed by atoms with van der Waals surface area (Å²) >= 11 is 3.19. The minimum Gasteiger partial charge on any atom is -0.360 e. The van der Waals surface area contributed by atoms with Gasteiger partial charge in [0, 0.05) is 16.1 Å². The summed E-state index contributed by atoms with van der Waals surface area (Å²) in [7, 11) is 0. The standard InChI is InChI=1S/C12H9BrF3N2O/c13-9-2-1-8(12(14,15)16)10-6(3-7(17)5-19)4-18-11(9)10/h1-2,4,7,18H,3,17H2/t7-/m0/s1. The first-order valence-electron chi connectivity index (χ1n) is 5.33. The van der Waals surface area contributed by atoms with Crippen LogP contribution in [0, 0.1) is 0 Å². The second kappa shape index (κ2) is 4.97. The number of benzene rings is 1. The van der Waals surface area contributed by atoms with E-state index in [1.807, 2.05) is 0 Å². The molecule has 101 valence electrons. The average Bonchev–Trinajstić information content (AvgIpc) is 2.73. The van der Waals surface area contributed by atoms with E-state index in [1.54, 1.807) is 6.29 Å². The van der Waals surface area contributed by atoms with Crippen molar-refractivity contribution in [2.45, 2.75) is 18.6 Å². The largest absolute Gasteiger partial charge is 0.417 e. The molecule has 0 aliphatic carbocycles. The van der Waals surface area contributed by atoms with E-state index in [4.69, 9.17) is 5.73 Å². The normalized spacial score (nSPS) is 13.7. The molecule has 1 aromatic heterocycles. The van der Waals surface area contributed by atoms with Gasteiger partial charge >= 0.3 is 6.18 Å². The van der Waals surface area contributed by atoms with Crippen LogP contribution >= 0.6 is 15.9 Å². The molecule has 2 rings (SSSR count). The molecule has 3 N–H and O–H groups in total. The molecule has 0 fully saturated rings. The zero-order chi connectivity index (χ0) is 14.2. The lowest BCUT2D eigenvalue weighted by atomic mass is 10.0. The molecule has 0 aliphatic heterocycles. The molecule has 1 heterocycles. The number of H-pyrrole nitrogens is 1. The van der Waals surface area contributed by atoms with E-state index in [0.717, 1.165) is 6.07 Å². The van der Waals surface area contributed by atoms with Gasteiger partial charge in [-0.3, -0.25) is 4.79 Å². The number of hydrogen-bond acceptors (Lipinski definition) is 2. The molecule has 0 saturated carbocycles. The maximum atomic E-state index is 13.0. The van der Waals surface area contributed by atoms with Gasteiger partial charge in [-0.15, -0.1) is 0 Å². The van der Waals surface area contributed by atoms with Crippen molar-refractivity contribution >= 4 is 33.1 Å². The second-order valence-electron chi connectivity index (χ2n) is 4.09. The average molecular weight is 334 g/mol. The molecule has 0 aliphatic rings. The van der Waals surface area contributed by atoms with E-state index in [0.29, 0.717) is 15.6 Å². The summed E-state index contributed by atoms with van der Waals surface area (Å²) in [5.41, 5.74) is 5.35. The Hall–Kier alpha value is -1.34. The number of hydrogen-bond donors (Lipinski definition) is 2. The highest BCUT2D eigenvalue weighted by molar-refractivity contribution is 9.10. The molecule has 3 nitrogen and oxygen atoms in total. The lowest BCUT2D eigenvalue weighted by Crippen LogP contribution is -2.24. The minimum absolute atomic E-state index is 0.00301. The zero-order valence-corrected chi connectivity index (χ0v) is 11.1. The third-order valence-electron chi connectivity index (χ3n) is 2.76. The van der Waals surface area contributed by atoms with Gasteiger partial charge in [-0.2, -0.15) is 13.2 Å². The topological polar surface area (TPSA) is 58.9 Å². The van der Waals surface area contributed by atoms with Gasteiger partial charge < -0.3 is 10.7 Å². The fraction of sp³-hybridized carbons (Fsp3) is 0.250. The van der Waals surface area contributed by atoms with E-state index < -0.39 is 17.8 Å². The first-order chi connectivity index (χ1) is 8.84.